The maximum atomic E-state index is 13.0. The van der Waals surface area contributed by atoms with Gasteiger partial charge in [0.25, 0.3) is 11.8 Å². The van der Waals surface area contributed by atoms with Crippen LogP contribution in [0.4, 0.5) is 18.9 Å². The summed E-state index contributed by atoms with van der Waals surface area (Å²) in [6.45, 7) is -0.987. The fraction of sp³-hybridized carbons (Fsp3) is 0.211. The van der Waals surface area contributed by atoms with Crippen molar-refractivity contribution < 1.29 is 32.3 Å². The first-order chi connectivity index (χ1) is 13.6. The normalized spacial score (nSPS) is 10.9. The number of alkyl halides is 3. The number of benzene rings is 2. The van der Waals surface area contributed by atoms with Crippen LogP contribution in [0.5, 0.6) is 5.75 Å². The molecule has 2 rings (SSSR count). The summed E-state index contributed by atoms with van der Waals surface area (Å²) in [6, 6.07) is 10.6. The summed E-state index contributed by atoms with van der Waals surface area (Å²) < 4.78 is 44.2. The lowest BCUT2D eigenvalue weighted by molar-refractivity contribution is -0.137. The first-order valence-electron chi connectivity index (χ1n) is 8.31. The predicted octanol–water partition coefficient (Wildman–Crippen LogP) is 2.28. The predicted molar refractivity (Wildman–Crippen MR) is 98.2 cm³/mol. The van der Waals surface area contributed by atoms with E-state index < -0.39 is 48.3 Å². The quantitative estimate of drug-likeness (QED) is 0.733. The van der Waals surface area contributed by atoms with Gasteiger partial charge in [0.2, 0.25) is 5.91 Å². The second kappa shape index (κ2) is 9.09. The first-order valence-corrected chi connectivity index (χ1v) is 8.31. The zero-order valence-electron chi connectivity index (χ0n) is 15.3. The molecule has 0 aliphatic heterocycles. The number of nitrogens with two attached hydrogens (primary N) is 1. The van der Waals surface area contributed by atoms with Crippen LogP contribution in [-0.2, 0) is 15.8 Å². The topological polar surface area (TPSA) is 102 Å². The number of carbonyl (C=O) groups excluding carboxylic acids is 3. The first kappa shape index (κ1) is 21.7. The van der Waals surface area contributed by atoms with Crippen LogP contribution in [0.25, 0.3) is 0 Å². The Morgan fingerprint density at radius 2 is 1.69 bits per heavy atom. The molecule has 0 saturated carbocycles. The third kappa shape index (κ3) is 5.96. The lowest BCUT2D eigenvalue weighted by Crippen LogP contribution is -2.38. The van der Waals surface area contributed by atoms with E-state index in [2.05, 4.69) is 5.32 Å². The van der Waals surface area contributed by atoms with Crippen LogP contribution in [0.15, 0.2) is 48.5 Å². The molecule has 0 aromatic heterocycles. The Balaban J connectivity index is 1.95. The van der Waals surface area contributed by atoms with Crippen molar-refractivity contribution in [3.8, 4) is 5.75 Å². The zero-order chi connectivity index (χ0) is 21.6. The van der Waals surface area contributed by atoms with Gasteiger partial charge in [-0.1, -0.05) is 24.3 Å². The van der Waals surface area contributed by atoms with Crippen molar-refractivity contribution in [1.29, 1.82) is 0 Å². The number of nitrogens with zero attached hydrogens (tertiary/aromatic N) is 1. The average molecular weight is 409 g/mol. The van der Waals surface area contributed by atoms with E-state index in [0.717, 1.165) is 17.0 Å². The van der Waals surface area contributed by atoms with Crippen molar-refractivity contribution in [2.75, 3.05) is 25.5 Å². The van der Waals surface area contributed by atoms with Crippen molar-refractivity contribution in [3.05, 3.63) is 59.7 Å². The van der Waals surface area contributed by atoms with Gasteiger partial charge in [0, 0.05) is 7.05 Å². The van der Waals surface area contributed by atoms with Gasteiger partial charge in [0.1, 0.15) is 5.75 Å². The number of likely N-dealkylation sites (N-methyl/N-ethyl adjacent to an activating group) is 1. The van der Waals surface area contributed by atoms with Gasteiger partial charge >= 0.3 is 6.18 Å². The molecule has 2 aromatic carbocycles. The summed E-state index contributed by atoms with van der Waals surface area (Å²) in [5.41, 5.74) is 3.91. The van der Waals surface area contributed by atoms with E-state index in [9.17, 15) is 27.6 Å². The number of para-hydroxylation sites is 2. The van der Waals surface area contributed by atoms with E-state index >= 15 is 0 Å². The highest BCUT2D eigenvalue weighted by molar-refractivity contribution is 5.96. The third-order valence-electron chi connectivity index (χ3n) is 3.82. The minimum absolute atomic E-state index is 0.0875. The average Bonchev–Trinajstić information content (AvgIpc) is 2.65. The molecule has 2 aromatic rings. The number of halogens is 3. The summed E-state index contributed by atoms with van der Waals surface area (Å²) in [5, 5.41) is 2.15. The van der Waals surface area contributed by atoms with Gasteiger partial charge in [-0.2, -0.15) is 13.2 Å². The van der Waals surface area contributed by atoms with Gasteiger partial charge in [-0.15, -0.1) is 0 Å². The van der Waals surface area contributed by atoms with Crippen LogP contribution in [0, 0.1) is 0 Å². The fourth-order valence-electron chi connectivity index (χ4n) is 2.38. The Bertz CT molecular complexity index is 916. The summed E-state index contributed by atoms with van der Waals surface area (Å²) in [4.78, 5) is 36.5. The van der Waals surface area contributed by atoms with Crippen molar-refractivity contribution >= 4 is 23.4 Å². The van der Waals surface area contributed by atoms with E-state index in [4.69, 9.17) is 10.5 Å². The van der Waals surface area contributed by atoms with Gasteiger partial charge in [0.05, 0.1) is 23.4 Å². The van der Waals surface area contributed by atoms with Crippen LogP contribution in [-0.4, -0.2) is 42.8 Å². The standard InChI is InChI=1S/C19H18F3N3O4/c1-25(17(27)11-29-15-9-5-2-6-12(15)18(23)28)10-16(26)24-14-8-4-3-7-13(14)19(20,21)22/h2-9H,10-11H2,1H3,(H2,23,28)(H,24,26). The largest absolute Gasteiger partial charge is 0.483 e. The van der Waals surface area contributed by atoms with E-state index in [1.807, 2.05) is 0 Å². The zero-order valence-corrected chi connectivity index (χ0v) is 15.3. The van der Waals surface area contributed by atoms with E-state index in [1.165, 1.54) is 31.3 Å². The summed E-state index contributed by atoms with van der Waals surface area (Å²) in [7, 11) is 1.29. The third-order valence-corrected chi connectivity index (χ3v) is 3.82. The van der Waals surface area contributed by atoms with Crippen LogP contribution >= 0.6 is 0 Å². The van der Waals surface area contributed by atoms with Crippen LogP contribution in [0.3, 0.4) is 0 Å². The Hall–Kier alpha value is -3.56. The Labute approximate surface area is 164 Å². The molecule has 154 valence electrons. The minimum Gasteiger partial charge on any atom is -0.483 e. The number of rotatable bonds is 7. The number of anilines is 1. The monoisotopic (exact) mass is 409 g/mol. The molecule has 0 heterocycles. The fourth-order valence-corrected chi connectivity index (χ4v) is 2.38. The van der Waals surface area contributed by atoms with Gasteiger partial charge < -0.3 is 20.7 Å². The van der Waals surface area contributed by atoms with Crippen molar-refractivity contribution in [2.45, 2.75) is 6.18 Å². The molecular formula is C19H18F3N3O4. The molecule has 0 radical (unpaired) electrons. The van der Waals surface area contributed by atoms with Gasteiger partial charge in [-0.3, -0.25) is 14.4 Å². The Morgan fingerprint density at radius 3 is 2.34 bits per heavy atom. The van der Waals surface area contributed by atoms with Crippen molar-refractivity contribution in [3.63, 3.8) is 0 Å². The number of hydrogen-bond donors (Lipinski definition) is 2. The second-order valence-electron chi connectivity index (χ2n) is 5.99. The summed E-state index contributed by atoms with van der Waals surface area (Å²) in [5.74, 6) is -2.06. The molecule has 0 bridgehead atoms. The number of amides is 3. The molecule has 3 amide bonds. The van der Waals surface area contributed by atoms with E-state index in [0.29, 0.717) is 0 Å². The molecular weight excluding hydrogens is 391 g/mol. The lowest BCUT2D eigenvalue weighted by Gasteiger charge is -2.19. The van der Waals surface area contributed by atoms with Crippen molar-refractivity contribution in [2.24, 2.45) is 5.73 Å². The number of nitrogens with one attached hydrogen (secondary N) is 1. The second-order valence-corrected chi connectivity index (χ2v) is 5.99. The molecule has 0 aliphatic carbocycles. The van der Waals surface area contributed by atoms with E-state index in [1.54, 1.807) is 12.1 Å². The van der Waals surface area contributed by atoms with Crippen molar-refractivity contribution in [1.82, 2.24) is 4.90 Å². The smallest absolute Gasteiger partial charge is 0.418 e. The molecule has 0 aliphatic rings. The number of primary amides is 1. The van der Waals surface area contributed by atoms with Crippen LogP contribution in [0.1, 0.15) is 15.9 Å². The highest BCUT2D eigenvalue weighted by Gasteiger charge is 2.33. The molecule has 0 atom stereocenters. The van der Waals surface area contributed by atoms with Gasteiger partial charge in [-0.05, 0) is 24.3 Å². The Morgan fingerprint density at radius 1 is 1.07 bits per heavy atom. The SMILES string of the molecule is CN(CC(=O)Nc1ccccc1C(F)(F)F)C(=O)COc1ccccc1C(N)=O. The molecule has 10 heteroatoms. The maximum Gasteiger partial charge on any atom is 0.418 e. The highest BCUT2D eigenvalue weighted by atomic mass is 19.4. The summed E-state index contributed by atoms with van der Waals surface area (Å²) >= 11 is 0. The summed E-state index contributed by atoms with van der Waals surface area (Å²) in [6.07, 6.45) is -4.63. The highest BCUT2D eigenvalue weighted by Crippen LogP contribution is 2.34. The number of hydrogen-bond acceptors (Lipinski definition) is 4. The molecule has 0 fully saturated rings. The minimum atomic E-state index is -4.63. The lowest BCUT2D eigenvalue weighted by atomic mass is 10.1. The maximum absolute atomic E-state index is 13.0. The molecule has 0 spiro atoms. The Kier molecular flexibility index (Phi) is 6.81. The van der Waals surface area contributed by atoms with Gasteiger partial charge in [-0.25, -0.2) is 0 Å². The molecule has 0 unspecified atom stereocenters. The van der Waals surface area contributed by atoms with Gasteiger partial charge in [0.15, 0.2) is 6.61 Å². The number of carbonyl (C=O) groups is 3. The molecule has 0 saturated heterocycles. The molecule has 3 N–H and O–H groups in total. The molecule has 7 nitrogen and oxygen atoms in total. The van der Waals surface area contributed by atoms with E-state index in [-0.39, 0.29) is 11.3 Å². The van der Waals surface area contributed by atoms with Crippen LogP contribution in [0.2, 0.25) is 0 Å². The van der Waals surface area contributed by atoms with Crippen LogP contribution < -0.4 is 15.8 Å². The number of ether oxygens (including phenoxy) is 1. The molecule has 29 heavy (non-hydrogen) atoms.